The van der Waals surface area contributed by atoms with Gasteiger partial charge in [-0.1, -0.05) is 19.8 Å². The number of anilines is 1. The Morgan fingerprint density at radius 1 is 1.25 bits per heavy atom. The third-order valence-electron chi connectivity index (χ3n) is 2.64. The molecule has 5 heteroatoms. The molecular weight excluding hydrogens is 252 g/mol. The number of aryl methyl sites for hydroxylation is 1. The number of nitrogens with zero attached hydrogens (tertiary/aromatic N) is 2. The van der Waals surface area contributed by atoms with E-state index in [2.05, 4.69) is 48.3 Å². The number of nitrogens with one attached hydrogen (secondary N) is 2. The molecule has 0 aliphatic rings. The van der Waals surface area contributed by atoms with Gasteiger partial charge in [-0.3, -0.25) is 4.79 Å². The summed E-state index contributed by atoms with van der Waals surface area (Å²) >= 11 is 0. The summed E-state index contributed by atoms with van der Waals surface area (Å²) in [6.45, 7) is 10.8. The van der Waals surface area contributed by atoms with Crippen LogP contribution in [0.2, 0.25) is 0 Å². The molecule has 0 spiro atoms. The third kappa shape index (κ3) is 5.99. The van der Waals surface area contributed by atoms with Gasteiger partial charge >= 0.3 is 0 Å². The van der Waals surface area contributed by atoms with E-state index in [0.717, 1.165) is 19.3 Å². The van der Waals surface area contributed by atoms with Gasteiger partial charge in [0.15, 0.2) is 0 Å². The summed E-state index contributed by atoms with van der Waals surface area (Å²) in [6.07, 6.45) is 3.27. The molecule has 0 aromatic carbocycles. The molecule has 1 aromatic heterocycles. The minimum atomic E-state index is -0.136. The number of hydrogen-bond acceptors (Lipinski definition) is 4. The van der Waals surface area contributed by atoms with Gasteiger partial charge in [-0.25, -0.2) is 9.97 Å². The molecule has 0 saturated carbocycles. The SMILES string of the molecule is CCCCCNC(=O)c1cc(NC(C)(C)C)nc(C)n1. The Morgan fingerprint density at radius 2 is 1.95 bits per heavy atom. The zero-order chi connectivity index (χ0) is 15.2. The summed E-state index contributed by atoms with van der Waals surface area (Å²) in [4.78, 5) is 20.6. The maximum atomic E-state index is 12.0. The standard InChI is InChI=1S/C15H26N4O/c1-6-7-8-9-16-14(20)12-10-13(18-11(2)17-12)19-15(3,4)5/h10H,6-9H2,1-5H3,(H,16,20)(H,17,18,19). The van der Waals surface area contributed by atoms with E-state index in [1.807, 2.05) is 0 Å². The lowest BCUT2D eigenvalue weighted by Crippen LogP contribution is -2.29. The van der Waals surface area contributed by atoms with Crippen molar-refractivity contribution in [1.82, 2.24) is 15.3 Å². The van der Waals surface area contributed by atoms with Gasteiger partial charge in [-0.05, 0) is 34.1 Å². The smallest absolute Gasteiger partial charge is 0.270 e. The Kier molecular flexibility index (Phi) is 5.92. The molecule has 0 aliphatic carbocycles. The van der Waals surface area contributed by atoms with Crippen LogP contribution in [0.5, 0.6) is 0 Å². The number of amides is 1. The van der Waals surface area contributed by atoms with E-state index < -0.39 is 0 Å². The molecule has 2 N–H and O–H groups in total. The normalized spacial score (nSPS) is 11.2. The highest BCUT2D eigenvalue weighted by atomic mass is 16.1. The van der Waals surface area contributed by atoms with Crippen LogP contribution in [0.3, 0.4) is 0 Å². The van der Waals surface area contributed by atoms with E-state index in [9.17, 15) is 4.79 Å². The van der Waals surface area contributed by atoms with E-state index in [0.29, 0.717) is 23.9 Å². The Hall–Kier alpha value is -1.65. The minimum Gasteiger partial charge on any atom is -0.365 e. The first-order valence-corrected chi connectivity index (χ1v) is 7.24. The molecule has 0 radical (unpaired) electrons. The third-order valence-corrected chi connectivity index (χ3v) is 2.64. The van der Waals surface area contributed by atoms with Crippen molar-refractivity contribution in [3.8, 4) is 0 Å². The van der Waals surface area contributed by atoms with E-state index in [1.54, 1.807) is 13.0 Å². The molecule has 0 unspecified atom stereocenters. The molecule has 0 saturated heterocycles. The number of carbonyl (C=O) groups excluding carboxylic acids is 1. The average Bonchev–Trinajstić information content (AvgIpc) is 2.31. The van der Waals surface area contributed by atoms with Gasteiger partial charge < -0.3 is 10.6 Å². The molecule has 1 heterocycles. The first-order valence-electron chi connectivity index (χ1n) is 7.24. The van der Waals surface area contributed by atoms with Crippen molar-refractivity contribution in [2.24, 2.45) is 0 Å². The van der Waals surface area contributed by atoms with E-state index in [1.165, 1.54) is 0 Å². The second-order valence-corrected chi connectivity index (χ2v) is 6.02. The maximum Gasteiger partial charge on any atom is 0.270 e. The van der Waals surface area contributed by atoms with Crippen LogP contribution in [0.25, 0.3) is 0 Å². The summed E-state index contributed by atoms with van der Waals surface area (Å²) in [5, 5.41) is 6.16. The van der Waals surface area contributed by atoms with Crippen LogP contribution in [-0.4, -0.2) is 28.0 Å². The van der Waals surface area contributed by atoms with E-state index in [4.69, 9.17) is 0 Å². The highest BCUT2D eigenvalue weighted by molar-refractivity contribution is 5.92. The molecule has 0 aliphatic heterocycles. The van der Waals surface area contributed by atoms with Gasteiger partial charge in [-0.2, -0.15) is 0 Å². The number of aromatic nitrogens is 2. The monoisotopic (exact) mass is 278 g/mol. The van der Waals surface area contributed by atoms with Crippen LogP contribution < -0.4 is 10.6 Å². The topological polar surface area (TPSA) is 66.9 Å². The Bertz CT molecular complexity index is 452. The molecule has 0 atom stereocenters. The largest absolute Gasteiger partial charge is 0.365 e. The zero-order valence-electron chi connectivity index (χ0n) is 13.2. The predicted molar refractivity (Wildman–Crippen MR) is 82.0 cm³/mol. The zero-order valence-corrected chi connectivity index (χ0v) is 13.2. The van der Waals surface area contributed by atoms with Crippen molar-refractivity contribution in [3.63, 3.8) is 0 Å². The quantitative estimate of drug-likeness (QED) is 0.785. The van der Waals surface area contributed by atoms with Crippen molar-refractivity contribution in [3.05, 3.63) is 17.6 Å². The summed E-state index contributed by atoms with van der Waals surface area (Å²) in [5.74, 6) is 1.14. The molecule has 1 aromatic rings. The average molecular weight is 278 g/mol. The fraction of sp³-hybridized carbons (Fsp3) is 0.667. The van der Waals surface area contributed by atoms with Gasteiger partial charge in [0.25, 0.3) is 5.91 Å². The van der Waals surface area contributed by atoms with Crippen molar-refractivity contribution in [1.29, 1.82) is 0 Å². The Labute approximate surface area is 121 Å². The fourth-order valence-corrected chi connectivity index (χ4v) is 1.80. The van der Waals surface area contributed by atoms with Gasteiger partial charge in [0.05, 0.1) is 0 Å². The summed E-state index contributed by atoms with van der Waals surface area (Å²) < 4.78 is 0. The summed E-state index contributed by atoms with van der Waals surface area (Å²) in [6, 6.07) is 1.70. The summed E-state index contributed by atoms with van der Waals surface area (Å²) in [5.41, 5.74) is 0.316. The number of carbonyl (C=O) groups is 1. The van der Waals surface area contributed by atoms with Crippen LogP contribution in [0.15, 0.2) is 6.07 Å². The van der Waals surface area contributed by atoms with Gasteiger partial charge in [0.2, 0.25) is 0 Å². The van der Waals surface area contributed by atoms with Gasteiger partial charge in [0, 0.05) is 18.2 Å². The molecule has 1 rings (SSSR count). The minimum absolute atomic E-state index is 0.102. The second kappa shape index (κ2) is 7.22. The Morgan fingerprint density at radius 3 is 2.55 bits per heavy atom. The van der Waals surface area contributed by atoms with Crippen molar-refractivity contribution < 1.29 is 4.79 Å². The number of hydrogen-bond donors (Lipinski definition) is 2. The lowest BCUT2D eigenvalue weighted by molar-refractivity contribution is 0.0947. The summed E-state index contributed by atoms with van der Waals surface area (Å²) in [7, 11) is 0. The lowest BCUT2D eigenvalue weighted by atomic mass is 10.1. The lowest BCUT2D eigenvalue weighted by Gasteiger charge is -2.21. The molecule has 0 bridgehead atoms. The predicted octanol–water partition coefficient (Wildman–Crippen LogP) is 2.92. The molecule has 5 nitrogen and oxygen atoms in total. The van der Waals surface area contributed by atoms with Crippen molar-refractivity contribution in [2.75, 3.05) is 11.9 Å². The second-order valence-electron chi connectivity index (χ2n) is 6.02. The van der Waals surface area contributed by atoms with E-state index >= 15 is 0 Å². The first-order chi connectivity index (χ1) is 9.31. The Balaban J connectivity index is 2.72. The molecule has 112 valence electrons. The highest BCUT2D eigenvalue weighted by Gasteiger charge is 2.14. The van der Waals surface area contributed by atoms with Gasteiger partial charge in [0.1, 0.15) is 17.3 Å². The number of rotatable bonds is 6. The number of unbranched alkanes of at least 4 members (excludes halogenated alkanes) is 2. The van der Waals surface area contributed by atoms with E-state index in [-0.39, 0.29) is 11.4 Å². The van der Waals surface area contributed by atoms with Crippen LogP contribution in [0.4, 0.5) is 5.82 Å². The maximum absolute atomic E-state index is 12.0. The molecular formula is C15H26N4O. The van der Waals surface area contributed by atoms with Crippen LogP contribution in [0.1, 0.15) is 63.3 Å². The molecule has 1 amide bonds. The molecule has 0 fully saturated rings. The van der Waals surface area contributed by atoms with Crippen molar-refractivity contribution in [2.45, 2.75) is 59.4 Å². The fourth-order valence-electron chi connectivity index (χ4n) is 1.80. The van der Waals surface area contributed by atoms with Crippen molar-refractivity contribution >= 4 is 11.7 Å². The molecule has 20 heavy (non-hydrogen) atoms. The van der Waals surface area contributed by atoms with Crippen LogP contribution in [-0.2, 0) is 0 Å². The first kappa shape index (κ1) is 16.4. The van der Waals surface area contributed by atoms with Gasteiger partial charge in [-0.15, -0.1) is 0 Å². The van der Waals surface area contributed by atoms with Crippen LogP contribution in [0, 0.1) is 6.92 Å². The van der Waals surface area contributed by atoms with Crippen LogP contribution >= 0.6 is 0 Å². The highest BCUT2D eigenvalue weighted by Crippen LogP contribution is 2.13.